The lowest BCUT2D eigenvalue weighted by Crippen LogP contribution is -2.41. The number of nitrogens with one attached hydrogen (secondary N) is 1. The Morgan fingerprint density at radius 3 is 2.52 bits per heavy atom. The third kappa shape index (κ3) is 6.04. The highest BCUT2D eigenvalue weighted by atomic mass is 16.6. The molecule has 1 aliphatic heterocycles. The number of rotatable bonds is 7. The van der Waals surface area contributed by atoms with Gasteiger partial charge >= 0.3 is 6.09 Å². The van der Waals surface area contributed by atoms with Gasteiger partial charge in [0.15, 0.2) is 18.1 Å². The van der Waals surface area contributed by atoms with E-state index in [9.17, 15) is 9.59 Å². The number of hydrogen-bond donors (Lipinski definition) is 1. The predicted molar refractivity (Wildman–Crippen MR) is 117 cm³/mol. The SMILES string of the molecule is CCOc1ccccc1OCCN1C(=O)COc2ccc(NC(=O)OC(C)(C)C)cc21. The summed E-state index contributed by atoms with van der Waals surface area (Å²) in [4.78, 5) is 26.2. The number of carbonyl (C=O) groups is 2. The Hall–Kier alpha value is -3.42. The number of benzene rings is 2. The molecule has 0 bridgehead atoms. The number of ether oxygens (including phenoxy) is 4. The Morgan fingerprint density at radius 1 is 1.13 bits per heavy atom. The fourth-order valence-corrected chi connectivity index (χ4v) is 3.04. The van der Waals surface area contributed by atoms with Gasteiger partial charge in [-0.25, -0.2) is 4.79 Å². The summed E-state index contributed by atoms with van der Waals surface area (Å²) < 4.78 is 22.2. The van der Waals surface area contributed by atoms with Crippen LogP contribution in [-0.2, 0) is 9.53 Å². The summed E-state index contributed by atoms with van der Waals surface area (Å²) in [5, 5.41) is 2.68. The number of anilines is 2. The Morgan fingerprint density at radius 2 is 1.84 bits per heavy atom. The monoisotopic (exact) mass is 428 g/mol. The summed E-state index contributed by atoms with van der Waals surface area (Å²) in [6, 6.07) is 12.5. The molecule has 2 amide bonds. The second-order valence-corrected chi connectivity index (χ2v) is 7.87. The lowest BCUT2D eigenvalue weighted by molar-refractivity contribution is -0.121. The number of carbonyl (C=O) groups excluding carboxylic acids is 2. The number of amides is 2. The molecular formula is C23H28N2O6. The van der Waals surface area contributed by atoms with Crippen molar-refractivity contribution < 1.29 is 28.5 Å². The molecule has 0 radical (unpaired) electrons. The zero-order valence-electron chi connectivity index (χ0n) is 18.3. The fourth-order valence-electron chi connectivity index (χ4n) is 3.04. The first-order chi connectivity index (χ1) is 14.8. The molecule has 31 heavy (non-hydrogen) atoms. The third-order valence-corrected chi connectivity index (χ3v) is 4.27. The van der Waals surface area contributed by atoms with Crippen molar-refractivity contribution in [1.29, 1.82) is 0 Å². The molecule has 0 aromatic heterocycles. The van der Waals surface area contributed by atoms with Crippen LogP contribution in [0.5, 0.6) is 17.2 Å². The van der Waals surface area contributed by atoms with Gasteiger partial charge in [0.25, 0.3) is 5.91 Å². The van der Waals surface area contributed by atoms with Crippen molar-refractivity contribution in [2.45, 2.75) is 33.3 Å². The Labute approximate surface area is 182 Å². The maximum atomic E-state index is 12.5. The van der Waals surface area contributed by atoms with Gasteiger partial charge in [-0.3, -0.25) is 10.1 Å². The molecule has 8 heteroatoms. The molecule has 0 unspecified atom stereocenters. The van der Waals surface area contributed by atoms with Crippen LogP contribution in [-0.4, -0.2) is 44.0 Å². The minimum absolute atomic E-state index is 0.0542. The van der Waals surface area contributed by atoms with E-state index in [1.54, 1.807) is 43.9 Å². The smallest absolute Gasteiger partial charge is 0.412 e. The van der Waals surface area contributed by atoms with Crippen molar-refractivity contribution in [3.63, 3.8) is 0 Å². The molecule has 0 atom stereocenters. The second kappa shape index (κ2) is 9.59. The summed E-state index contributed by atoms with van der Waals surface area (Å²) in [7, 11) is 0. The minimum Gasteiger partial charge on any atom is -0.490 e. The van der Waals surface area contributed by atoms with Crippen LogP contribution in [0.2, 0.25) is 0 Å². The fraction of sp³-hybridized carbons (Fsp3) is 0.391. The first-order valence-corrected chi connectivity index (χ1v) is 10.2. The molecule has 0 aliphatic carbocycles. The van der Waals surface area contributed by atoms with Gasteiger partial charge in [0.2, 0.25) is 0 Å². The van der Waals surface area contributed by atoms with Gasteiger partial charge in [0.1, 0.15) is 18.0 Å². The summed E-state index contributed by atoms with van der Waals surface area (Å²) in [5.74, 6) is 1.64. The Bertz CT molecular complexity index is 938. The molecule has 3 rings (SSSR count). The van der Waals surface area contributed by atoms with E-state index in [0.29, 0.717) is 41.8 Å². The average molecular weight is 428 g/mol. The molecule has 2 aromatic carbocycles. The van der Waals surface area contributed by atoms with E-state index in [-0.39, 0.29) is 19.1 Å². The Kier molecular flexibility index (Phi) is 6.89. The predicted octanol–water partition coefficient (Wildman–Crippen LogP) is 4.24. The Balaban J connectivity index is 1.70. The standard InChI is InChI=1S/C23H28N2O6/c1-5-28-19-8-6-7-9-20(19)29-13-12-25-17-14-16(24-22(27)31-23(2,3)4)10-11-18(17)30-15-21(25)26/h6-11,14H,5,12-13,15H2,1-4H3,(H,24,27). The highest BCUT2D eigenvalue weighted by Crippen LogP contribution is 2.35. The van der Waals surface area contributed by atoms with Crippen LogP contribution >= 0.6 is 0 Å². The van der Waals surface area contributed by atoms with Gasteiger partial charge in [-0.05, 0) is 58.0 Å². The van der Waals surface area contributed by atoms with Crippen LogP contribution in [0.4, 0.5) is 16.2 Å². The van der Waals surface area contributed by atoms with Crippen LogP contribution in [0.25, 0.3) is 0 Å². The molecule has 2 aromatic rings. The van der Waals surface area contributed by atoms with E-state index in [0.717, 1.165) is 0 Å². The zero-order valence-corrected chi connectivity index (χ0v) is 18.3. The lowest BCUT2D eigenvalue weighted by atomic mass is 10.2. The summed E-state index contributed by atoms with van der Waals surface area (Å²) >= 11 is 0. The molecule has 0 saturated heterocycles. The van der Waals surface area contributed by atoms with E-state index in [4.69, 9.17) is 18.9 Å². The van der Waals surface area contributed by atoms with E-state index in [1.807, 2.05) is 31.2 Å². The largest absolute Gasteiger partial charge is 0.490 e. The average Bonchev–Trinajstić information content (AvgIpc) is 2.69. The van der Waals surface area contributed by atoms with Gasteiger partial charge in [0.05, 0.1) is 18.8 Å². The number of hydrogen-bond acceptors (Lipinski definition) is 6. The zero-order chi connectivity index (χ0) is 22.4. The van der Waals surface area contributed by atoms with Gasteiger partial charge in [-0.15, -0.1) is 0 Å². The van der Waals surface area contributed by atoms with Gasteiger partial charge in [-0.1, -0.05) is 12.1 Å². The minimum atomic E-state index is -0.613. The number of para-hydroxylation sites is 2. The van der Waals surface area contributed by atoms with Crippen LogP contribution in [0, 0.1) is 0 Å². The summed E-state index contributed by atoms with van der Waals surface area (Å²) in [5.41, 5.74) is 0.448. The highest BCUT2D eigenvalue weighted by molar-refractivity contribution is 5.99. The maximum Gasteiger partial charge on any atom is 0.412 e. The quantitative estimate of drug-likeness (QED) is 0.710. The van der Waals surface area contributed by atoms with Crippen LogP contribution in [0.1, 0.15) is 27.7 Å². The molecule has 0 spiro atoms. The molecule has 0 fully saturated rings. The van der Waals surface area contributed by atoms with E-state index in [1.165, 1.54) is 0 Å². The highest BCUT2D eigenvalue weighted by Gasteiger charge is 2.26. The molecule has 1 N–H and O–H groups in total. The molecule has 166 valence electrons. The van der Waals surface area contributed by atoms with Crippen molar-refractivity contribution >= 4 is 23.4 Å². The van der Waals surface area contributed by atoms with E-state index in [2.05, 4.69) is 5.32 Å². The first kappa shape index (κ1) is 22.3. The molecule has 1 heterocycles. The number of fused-ring (bicyclic) bond motifs is 1. The van der Waals surface area contributed by atoms with Crippen molar-refractivity contribution in [1.82, 2.24) is 0 Å². The lowest BCUT2D eigenvalue weighted by Gasteiger charge is -2.30. The van der Waals surface area contributed by atoms with Crippen LogP contribution < -0.4 is 24.4 Å². The second-order valence-electron chi connectivity index (χ2n) is 7.87. The van der Waals surface area contributed by atoms with Crippen LogP contribution in [0.3, 0.4) is 0 Å². The van der Waals surface area contributed by atoms with E-state index < -0.39 is 11.7 Å². The normalized spacial score (nSPS) is 13.2. The van der Waals surface area contributed by atoms with Crippen molar-refractivity contribution in [3.05, 3.63) is 42.5 Å². The maximum absolute atomic E-state index is 12.5. The molecule has 1 aliphatic rings. The molecule has 8 nitrogen and oxygen atoms in total. The third-order valence-electron chi connectivity index (χ3n) is 4.27. The van der Waals surface area contributed by atoms with Gasteiger partial charge in [-0.2, -0.15) is 0 Å². The van der Waals surface area contributed by atoms with Gasteiger partial charge < -0.3 is 23.8 Å². The van der Waals surface area contributed by atoms with E-state index >= 15 is 0 Å². The van der Waals surface area contributed by atoms with Crippen molar-refractivity contribution in [3.8, 4) is 17.2 Å². The van der Waals surface area contributed by atoms with Crippen LogP contribution in [0.15, 0.2) is 42.5 Å². The molecular weight excluding hydrogens is 400 g/mol. The molecule has 0 saturated carbocycles. The van der Waals surface area contributed by atoms with Crippen molar-refractivity contribution in [2.24, 2.45) is 0 Å². The summed E-state index contributed by atoms with van der Waals surface area (Å²) in [6.45, 7) is 8.32. The first-order valence-electron chi connectivity index (χ1n) is 10.2. The van der Waals surface area contributed by atoms with Crippen molar-refractivity contribution in [2.75, 3.05) is 36.6 Å². The van der Waals surface area contributed by atoms with Gasteiger partial charge in [0, 0.05) is 5.69 Å². The number of nitrogens with zero attached hydrogens (tertiary/aromatic N) is 1. The topological polar surface area (TPSA) is 86.3 Å². The summed E-state index contributed by atoms with van der Waals surface area (Å²) in [6.07, 6.45) is -0.571.